The lowest BCUT2D eigenvalue weighted by atomic mass is 10.2. The molecule has 0 N–H and O–H groups in total. The van der Waals surface area contributed by atoms with Crippen molar-refractivity contribution in [3.8, 4) is 0 Å². The Bertz CT molecular complexity index is 232. The maximum Gasteiger partial charge on any atom is 0.146 e. The highest BCUT2D eigenvalue weighted by Crippen LogP contribution is 2.10. The summed E-state index contributed by atoms with van der Waals surface area (Å²) in [5, 5.41) is 0. The molecule has 58 valence electrons. The van der Waals surface area contributed by atoms with Crippen LogP contribution in [0.1, 0.15) is 5.56 Å². The van der Waals surface area contributed by atoms with Crippen LogP contribution in [0.5, 0.6) is 0 Å². The van der Waals surface area contributed by atoms with Gasteiger partial charge in [0, 0.05) is 4.47 Å². The number of hydrogen-bond acceptors (Lipinski definition) is 2. The van der Waals surface area contributed by atoms with Crippen LogP contribution in [-0.4, -0.2) is 5.55 Å². The van der Waals surface area contributed by atoms with Crippen molar-refractivity contribution in [2.24, 2.45) is 0 Å². The number of thiocarbonyl (C=S) groups is 1. The first-order chi connectivity index (χ1) is 5.33. The Morgan fingerprint density at radius 2 is 2.00 bits per heavy atom. The summed E-state index contributed by atoms with van der Waals surface area (Å²) in [5.41, 5.74) is 2.40. The molecule has 1 aromatic rings. The lowest BCUT2D eigenvalue weighted by Crippen LogP contribution is -1.87. The van der Waals surface area contributed by atoms with Gasteiger partial charge in [-0.25, -0.2) is 0 Å². The molecule has 0 fully saturated rings. The first-order valence-electron chi connectivity index (χ1n) is 3.12. The van der Waals surface area contributed by atoms with Gasteiger partial charge in [-0.05, 0) is 29.9 Å². The van der Waals surface area contributed by atoms with Crippen molar-refractivity contribution < 1.29 is 4.74 Å². The summed E-state index contributed by atoms with van der Waals surface area (Å²) in [6.07, 6.45) is 0. The number of hydrogen-bond donors (Lipinski definition) is 0. The fourth-order valence-electron chi connectivity index (χ4n) is 0.711. The van der Waals surface area contributed by atoms with E-state index in [1.807, 2.05) is 24.3 Å². The van der Waals surface area contributed by atoms with E-state index in [1.54, 1.807) is 0 Å². The monoisotopic (exact) mass is 230 g/mol. The molecule has 0 amide bonds. The lowest BCUT2D eigenvalue weighted by Gasteiger charge is -1.98. The van der Waals surface area contributed by atoms with E-state index in [0.717, 1.165) is 10.0 Å². The topological polar surface area (TPSA) is 9.23 Å². The molecule has 0 spiro atoms. The van der Waals surface area contributed by atoms with Gasteiger partial charge in [-0.15, -0.1) is 0 Å². The molecular weight excluding hydrogens is 224 g/mol. The van der Waals surface area contributed by atoms with E-state index in [1.165, 1.54) is 5.55 Å². The van der Waals surface area contributed by atoms with Crippen molar-refractivity contribution >= 4 is 33.7 Å². The zero-order valence-electron chi connectivity index (χ0n) is 5.79. The van der Waals surface area contributed by atoms with Gasteiger partial charge in [0.1, 0.15) is 12.2 Å². The van der Waals surface area contributed by atoms with Crippen molar-refractivity contribution in [1.29, 1.82) is 0 Å². The molecular formula is C8H7BrOS. The fraction of sp³-hybridized carbons (Fsp3) is 0.125. The molecule has 1 nitrogen and oxygen atoms in total. The van der Waals surface area contributed by atoms with E-state index >= 15 is 0 Å². The number of rotatable bonds is 3. The van der Waals surface area contributed by atoms with Gasteiger partial charge >= 0.3 is 0 Å². The van der Waals surface area contributed by atoms with Crippen LogP contribution in [0.15, 0.2) is 28.7 Å². The standard InChI is InChI=1S/C8H7BrOS/c9-8-3-1-7(2-4-8)5-10-6-11/h1-4,6H,5H2. The minimum atomic E-state index is 0.552. The highest BCUT2D eigenvalue weighted by atomic mass is 79.9. The molecule has 0 saturated carbocycles. The predicted octanol–water partition coefficient (Wildman–Crippen LogP) is 2.92. The molecule has 0 atom stereocenters. The molecule has 0 aliphatic carbocycles. The summed E-state index contributed by atoms with van der Waals surface area (Å²) in [6, 6.07) is 7.93. The maximum absolute atomic E-state index is 4.93. The van der Waals surface area contributed by atoms with Crippen LogP contribution in [0, 0.1) is 0 Å². The number of halogens is 1. The highest BCUT2D eigenvalue weighted by Gasteiger charge is 1.90. The molecule has 3 heteroatoms. The third kappa shape index (κ3) is 2.99. The summed E-state index contributed by atoms with van der Waals surface area (Å²) in [5.74, 6) is 0. The van der Waals surface area contributed by atoms with Gasteiger partial charge in [0.2, 0.25) is 0 Å². The van der Waals surface area contributed by atoms with Crippen LogP contribution in [0.25, 0.3) is 0 Å². The van der Waals surface area contributed by atoms with E-state index in [-0.39, 0.29) is 0 Å². The minimum absolute atomic E-state index is 0.552. The fourth-order valence-corrected chi connectivity index (χ4v) is 1.04. The second kappa shape index (κ2) is 4.46. The van der Waals surface area contributed by atoms with Gasteiger partial charge in [0.05, 0.1) is 0 Å². The first kappa shape index (κ1) is 8.68. The smallest absolute Gasteiger partial charge is 0.146 e. The average Bonchev–Trinajstić information content (AvgIpc) is 2.04. The molecule has 0 aliphatic heterocycles. The molecule has 0 bridgehead atoms. The zero-order chi connectivity index (χ0) is 8.10. The van der Waals surface area contributed by atoms with Crippen molar-refractivity contribution in [2.45, 2.75) is 6.61 Å². The number of ether oxygens (including phenoxy) is 1. The van der Waals surface area contributed by atoms with Crippen LogP contribution in [0.3, 0.4) is 0 Å². The van der Waals surface area contributed by atoms with Crippen LogP contribution >= 0.6 is 28.1 Å². The molecule has 0 heterocycles. The summed E-state index contributed by atoms with van der Waals surface area (Å²) >= 11 is 7.86. The van der Waals surface area contributed by atoms with E-state index in [4.69, 9.17) is 4.74 Å². The predicted molar refractivity (Wildman–Crippen MR) is 52.6 cm³/mol. The third-order valence-electron chi connectivity index (χ3n) is 1.23. The van der Waals surface area contributed by atoms with Crippen molar-refractivity contribution in [3.63, 3.8) is 0 Å². The second-order valence-corrected chi connectivity index (χ2v) is 3.14. The molecule has 0 radical (unpaired) electrons. The number of benzene rings is 1. The summed E-state index contributed by atoms with van der Waals surface area (Å²) in [4.78, 5) is 0. The van der Waals surface area contributed by atoms with E-state index in [9.17, 15) is 0 Å². The van der Waals surface area contributed by atoms with Crippen molar-refractivity contribution in [1.82, 2.24) is 0 Å². The molecule has 1 aromatic carbocycles. The normalized spacial score (nSPS) is 9.18. The van der Waals surface area contributed by atoms with Crippen LogP contribution < -0.4 is 0 Å². The van der Waals surface area contributed by atoms with Crippen molar-refractivity contribution in [3.05, 3.63) is 34.3 Å². The Hall–Kier alpha value is -0.410. The lowest BCUT2D eigenvalue weighted by molar-refractivity contribution is 0.315. The van der Waals surface area contributed by atoms with Crippen LogP contribution in [0.2, 0.25) is 0 Å². The quantitative estimate of drug-likeness (QED) is 0.739. The van der Waals surface area contributed by atoms with Crippen LogP contribution in [0.4, 0.5) is 0 Å². The molecule has 0 aliphatic rings. The van der Waals surface area contributed by atoms with Gasteiger partial charge in [0.25, 0.3) is 0 Å². The third-order valence-corrected chi connectivity index (χ3v) is 1.90. The van der Waals surface area contributed by atoms with Gasteiger partial charge in [-0.3, -0.25) is 0 Å². The largest absolute Gasteiger partial charge is 0.485 e. The highest BCUT2D eigenvalue weighted by molar-refractivity contribution is 9.10. The van der Waals surface area contributed by atoms with E-state index < -0.39 is 0 Å². The van der Waals surface area contributed by atoms with Crippen LogP contribution in [-0.2, 0) is 11.3 Å². The Morgan fingerprint density at radius 1 is 1.36 bits per heavy atom. The van der Waals surface area contributed by atoms with E-state index in [2.05, 4.69) is 28.1 Å². The maximum atomic E-state index is 4.93. The SMILES string of the molecule is S=COCc1ccc(Br)cc1. The molecule has 0 unspecified atom stereocenters. The average molecular weight is 231 g/mol. The Balaban J connectivity index is 2.58. The first-order valence-corrected chi connectivity index (χ1v) is 4.39. The van der Waals surface area contributed by atoms with Gasteiger partial charge in [0.15, 0.2) is 0 Å². The van der Waals surface area contributed by atoms with Gasteiger partial charge in [-0.1, -0.05) is 28.1 Å². The summed E-state index contributed by atoms with van der Waals surface area (Å²) < 4.78 is 6.01. The van der Waals surface area contributed by atoms with Gasteiger partial charge < -0.3 is 4.74 Å². The molecule has 1 rings (SSSR count). The second-order valence-electron chi connectivity index (χ2n) is 2.03. The molecule has 0 saturated heterocycles. The summed E-state index contributed by atoms with van der Waals surface area (Å²) in [7, 11) is 0. The van der Waals surface area contributed by atoms with E-state index in [0.29, 0.717) is 6.61 Å². The minimum Gasteiger partial charge on any atom is -0.485 e. The van der Waals surface area contributed by atoms with Crippen molar-refractivity contribution in [2.75, 3.05) is 0 Å². The van der Waals surface area contributed by atoms with Gasteiger partial charge in [-0.2, -0.15) is 0 Å². The Morgan fingerprint density at radius 3 is 2.55 bits per heavy atom. The molecule has 0 aromatic heterocycles. The zero-order valence-corrected chi connectivity index (χ0v) is 8.19. The summed E-state index contributed by atoms with van der Waals surface area (Å²) in [6.45, 7) is 0.552. The molecule has 11 heavy (non-hydrogen) atoms. The Kier molecular flexibility index (Phi) is 3.52. The Labute approximate surface area is 79.5 Å².